The van der Waals surface area contributed by atoms with Gasteiger partial charge in [0.05, 0.1) is 0 Å². The normalized spacial score (nSPS) is 8.40. The van der Waals surface area contributed by atoms with Crippen LogP contribution in [0.4, 0.5) is 0 Å². The van der Waals surface area contributed by atoms with Crippen molar-refractivity contribution in [1.82, 2.24) is 5.32 Å². The lowest BCUT2D eigenvalue weighted by atomic mass is 10.8. The molecule has 0 aliphatic carbocycles. The molecule has 0 radical (unpaired) electrons. The van der Waals surface area contributed by atoms with E-state index in [9.17, 15) is 0 Å². The maximum absolute atomic E-state index is 3.00. The Kier molecular flexibility index (Phi) is 4.73. The van der Waals surface area contributed by atoms with E-state index in [1.54, 1.807) is 0 Å². The molecule has 0 fully saturated rings. The van der Waals surface area contributed by atoms with Crippen molar-refractivity contribution >= 4 is 9.24 Å². The molecule has 0 aliphatic rings. The Balaban J connectivity index is 2.19. The summed E-state index contributed by atoms with van der Waals surface area (Å²) in [5.74, 6) is 0. The Morgan fingerprint density at radius 1 is 1.80 bits per heavy atom. The number of rotatable bonds is 2. The van der Waals surface area contributed by atoms with Gasteiger partial charge in [0.1, 0.15) is 0 Å². The Morgan fingerprint density at radius 3 is 2.40 bits per heavy atom. The van der Waals surface area contributed by atoms with Crippen molar-refractivity contribution in [1.29, 1.82) is 0 Å². The van der Waals surface area contributed by atoms with Crippen molar-refractivity contribution in [2.75, 3.05) is 19.8 Å². The summed E-state index contributed by atoms with van der Waals surface area (Å²) < 4.78 is 0. The molecule has 0 saturated carbocycles. The van der Waals surface area contributed by atoms with E-state index in [2.05, 4.69) is 14.6 Å². The first-order valence-electron chi connectivity index (χ1n) is 1.76. The monoisotopic (exact) mass is 91.1 g/mol. The average Bonchev–Trinajstić information content (AvgIpc) is 1.41. The molecule has 0 aromatic heterocycles. The molecular formula is C3H10NP. The van der Waals surface area contributed by atoms with E-state index in [0.717, 1.165) is 12.7 Å². The largest absolute Gasteiger partial charge is 0.319 e. The Labute approximate surface area is 35.3 Å². The molecule has 1 unspecified atom stereocenters. The highest BCUT2D eigenvalue weighted by atomic mass is 31.0. The smallest absolute Gasteiger partial charge is 0.00172 e. The highest BCUT2D eigenvalue weighted by Crippen LogP contribution is 1.71. The maximum Gasteiger partial charge on any atom is -0.00172 e. The predicted octanol–water partition coefficient (Wildman–Crippen LogP) is 0.0809. The van der Waals surface area contributed by atoms with E-state index in [-0.39, 0.29) is 0 Å². The summed E-state index contributed by atoms with van der Waals surface area (Å²) in [7, 11) is 4.59. The van der Waals surface area contributed by atoms with Gasteiger partial charge in [-0.2, -0.15) is 0 Å². The lowest BCUT2D eigenvalue weighted by Crippen LogP contribution is -2.07. The molecule has 0 heterocycles. The Bertz CT molecular complexity index is 14.4. The van der Waals surface area contributed by atoms with Crippen LogP contribution in [0, 0.1) is 0 Å². The first-order chi connectivity index (χ1) is 2.41. The molecule has 0 aromatic carbocycles. The lowest BCUT2D eigenvalue weighted by molar-refractivity contribution is 0.872. The highest BCUT2D eigenvalue weighted by Gasteiger charge is 1.64. The van der Waals surface area contributed by atoms with Crippen LogP contribution in [0.5, 0.6) is 0 Å². The molecule has 0 aliphatic heterocycles. The molecular weight excluding hydrogens is 81.0 g/mol. The molecule has 1 nitrogen and oxygen atoms in total. The summed E-state index contributed by atoms with van der Waals surface area (Å²) >= 11 is 0. The van der Waals surface area contributed by atoms with Crippen molar-refractivity contribution in [3.05, 3.63) is 0 Å². The van der Waals surface area contributed by atoms with Crippen LogP contribution in [0.25, 0.3) is 0 Å². The standard InChI is InChI=1S/C3H10NP/c1-4-2-3-5/h4H,2-3,5H2,1H3. The minimum atomic E-state index is 1.10. The first kappa shape index (κ1) is 5.39. The molecule has 5 heavy (non-hydrogen) atoms. The second-order valence-electron chi connectivity index (χ2n) is 0.892. The molecule has 1 N–H and O–H groups in total. The van der Waals surface area contributed by atoms with Gasteiger partial charge in [-0.3, -0.25) is 0 Å². The molecule has 0 rings (SSSR count). The third-order valence-electron chi connectivity index (χ3n) is 0.394. The lowest BCUT2D eigenvalue weighted by Gasteiger charge is -1.84. The van der Waals surface area contributed by atoms with Crippen molar-refractivity contribution < 1.29 is 0 Å². The molecule has 0 amide bonds. The summed E-state index contributed by atoms with van der Waals surface area (Å²) in [6.45, 7) is 1.10. The molecule has 0 bridgehead atoms. The van der Waals surface area contributed by atoms with E-state index >= 15 is 0 Å². The van der Waals surface area contributed by atoms with Gasteiger partial charge in [0, 0.05) is 0 Å². The topological polar surface area (TPSA) is 12.0 Å². The van der Waals surface area contributed by atoms with Crippen LogP contribution < -0.4 is 5.32 Å². The van der Waals surface area contributed by atoms with E-state index in [4.69, 9.17) is 0 Å². The minimum absolute atomic E-state index is 1.10. The molecule has 0 spiro atoms. The van der Waals surface area contributed by atoms with Gasteiger partial charge in [-0.05, 0) is 19.8 Å². The van der Waals surface area contributed by atoms with Crippen molar-refractivity contribution in [3.63, 3.8) is 0 Å². The zero-order chi connectivity index (χ0) is 4.12. The fourth-order valence-electron chi connectivity index (χ4n) is 0.144. The van der Waals surface area contributed by atoms with Gasteiger partial charge in [0.25, 0.3) is 0 Å². The van der Waals surface area contributed by atoms with Crippen LogP contribution in [-0.4, -0.2) is 19.8 Å². The predicted molar refractivity (Wildman–Crippen MR) is 28.5 cm³/mol. The van der Waals surface area contributed by atoms with Crippen molar-refractivity contribution in [2.24, 2.45) is 0 Å². The van der Waals surface area contributed by atoms with Gasteiger partial charge < -0.3 is 5.32 Å². The average molecular weight is 91.1 g/mol. The van der Waals surface area contributed by atoms with Gasteiger partial charge in [0.2, 0.25) is 0 Å². The summed E-state index contributed by atoms with van der Waals surface area (Å²) in [6, 6.07) is 0. The third-order valence-corrected chi connectivity index (χ3v) is 0.683. The highest BCUT2D eigenvalue weighted by molar-refractivity contribution is 7.16. The van der Waals surface area contributed by atoms with Gasteiger partial charge in [0.15, 0.2) is 0 Å². The van der Waals surface area contributed by atoms with E-state index in [1.165, 1.54) is 0 Å². The zero-order valence-corrected chi connectivity index (χ0v) is 4.65. The van der Waals surface area contributed by atoms with Crippen LogP contribution in [-0.2, 0) is 0 Å². The third kappa shape index (κ3) is 4.39. The number of hydrogen-bond donors (Lipinski definition) is 1. The zero-order valence-electron chi connectivity index (χ0n) is 3.49. The second-order valence-corrected chi connectivity index (χ2v) is 1.47. The summed E-state index contributed by atoms with van der Waals surface area (Å²) in [5.41, 5.74) is 0. The minimum Gasteiger partial charge on any atom is -0.319 e. The van der Waals surface area contributed by atoms with Gasteiger partial charge in [-0.1, -0.05) is 0 Å². The molecule has 2 heteroatoms. The van der Waals surface area contributed by atoms with Gasteiger partial charge in [-0.15, -0.1) is 9.24 Å². The molecule has 32 valence electrons. The van der Waals surface area contributed by atoms with E-state index in [0.29, 0.717) is 0 Å². The van der Waals surface area contributed by atoms with Crippen molar-refractivity contribution in [2.45, 2.75) is 0 Å². The van der Waals surface area contributed by atoms with Crippen molar-refractivity contribution in [3.8, 4) is 0 Å². The molecule has 0 saturated heterocycles. The number of hydrogen-bond acceptors (Lipinski definition) is 1. The van der Waals surface area contributed by atoms with Crippen LogP contribution in [0.3, 0.4) is 0 Å². The molecule has 1 atom stereocenters. The quantitative estimate of drug-likeness (QED) is 0.474. The van der Waals surface area contributed by atoms with Crippen LogP contribution >= 0.6 is 9.24 Å². The van der Waals surface area contributed by atoms with E-state index in [1.807, 2.05) is 7.05 Å². The van der Waals surface area contributed by atoms with Crippen LogP contribution in [0.1, 0.15) is 0 Å². The Morgan fingerprint density at radius 2 is 2.40 bits per heavy atom. The Hall–Kier alpha value is 0.390. The van der Waals surface area contributed by atoms with Crippen LogP contribution in [0.15, 0.2) is 0 Å². The maximum atomic E-state index is 3.00. The fraction of sp³-hybridized carbons (Fsp3) is 1.00. The van der Waals surface area contributed by atoms with E-state index < -0.39 is 0 Å². The van der Waals surface area contributed by atoms with Crippen LogP contribution in [0.2, 0.25) is 0 Å². The summed E-state index contributed by atoms with van der Waals surface area (Å²) in [6.07, 6.45) is 1.15. The summed E-state index contributed by atoms with van der Waals surface area (Å²) in [4.78, 5) is 0. The number of nitrogens with one attached hydrogen (secondary N) is 1. The summed E-state index contributed by atoms with van der Waals surface area (Å²) in [5, 5.41) is 3.00. The van der Waals surface area contributed by atoms with Gasteiger partial charge >= 0.3 is 0 Å². The van der Waals surface area contributed by atoms with Gasteiger partial charge in [-0.25, -0.2) is 0 Å². The first-order valence-corrected chi connectivity index (χ1v) is 2.58. The fourth-order valence-corrected chi connectivity index (χ4v) is 0.433. The second kappa shape index (κ2) is 4.39. The molecule has 0 aromatic rings. The SMILES string of the molecule is CNCCP.